The van der Waals surface area contributed by atoms with Crippen LogP contribution in [-0.2, 0) is 9.59 Å². The molecule has 0 aromatic heterocycles. The summed E-state index contributed by atoms with van der Waals surface area (Å²) < 4.78 is 16.5. The summed E-state index contributed by atoms with van der Waals surface area (Å²) in [6, 6.07) is 14.6. The van der Waals surface area contributed by atoms with E-state index in [4.69, 9.17) is 25.8 Å². The second-order valence-electron chi connectivity index (χ2n) is 8.70. The molecule has 3 aromatic carbocycles. The normalized spacial score (nSPS) is 16.7. The number of hydrogen-bond acceptors (Lipinski definition) is 6. The Hall–Kier alpha value is -3.97. The molecular formula is C29H28ClNO6. The molecule has 1 aliphatic rings. The van der Waals surface area contributed by atoms with Crippen LogP contribution in [0.15, 0.2) is 60.2 Å². The lowest BCUT2D eigenvalue weighted by atomic mass is 9.94. The Kier molecular flexibility index (Phi) is 7.45. The van der Waals surface area contributed by atoms with Gasteiger partial charge < -0.3 is 19.3 Å². The molecule has 8 heteroatoms. The minimum atomic E-state index is -0.950. The van der Waals surface area contributed by atoms with Crippen molar-refractivity contribution < 1.29 is 28.9 Å². The van der Waals surface area contributed by atoms with E-state index in [0.29, 0.717) is 35.1 Å². The standard InChI is InChI=1S/C29H28ClNO6/c1-6-37-24-14-18(7-10-23(24)36-5)26-25(27(32)21-15-20(35-4)8-9-22(21)30)28(33)29(34)31(26)19-12-16(2)11-17(3)13-19/h7-15,26,32H,6H2,1-5H3/b27-25+. The number of methoxy groups -OCH3 is 2. The van der Waals surface area contributed by atoms with Gasteiger partial charge in [0, 0.05) is 11.3 Å². The number of anilines is 1. The molecule has 0 spiro atoms. The minimum Gasteiger partial charge on any atom is -0.507 e. The van der Waals surface area contributed by atoms with Gasteiger partial charge in [-0.05, 0) is 79.9 Å². The first kappa shape index (κ1) is 26.1. The maximum absolute atomic E-state index is 13.5. The van der Waals surface area contributed by atoms with E-state index < -0.39 is 23.5 Å². The molecule has 0 bridgehead atoms. The topological polar surface area (TPSA) is 85.3 Å². The Morgan fingerprint density at radius 1 is 0.946 bits per heavy atom. The summed E-state index contributed by atoms with van der Waals surface area (Å²) in [4.78, 5) is 28.4. The minimum absolute atomic E-state index is 0.0908. The molecule has 7 nitrogen and oxygen atoms in total. The van der Waals surface area contributed by atoms with Gasteiger partial charge in [-0.2, -0.15) is 0 Å². The van der Waals surface area contributed by atoms with Gasteiger partial charge in [0.1, 0.15) is 11.5 Å². The lowest BCUT2D eigenvalue weighted by molar-refractivity contribution is -0.132. The number of hydrogen-bond donors (Lipinski definition) is 1. The molecule has 1 fully saturated rings. The van der Waals surface area contributed by atoms with Crippen molar-refractivity contribution in [2.24, 2.45) is 0 Å². The summed E-state index contributed by atoms with van der Waals surface area (Å²) in [6.45, 7) is 6.06. The number of benzene rings is 3. The molecule has 3 aromatic rings. The highest BCUT2D eigenvalue weighted by molar-refractivity contribution is 6.52. The van der Waals surface area contributed by atoms with Crippen molar-refractivity contribution in [2.75, 3.05) is 25.7 Å². The van der Waals surface area contributed by atoms with E-state index in [1.54, 1.807) is 30.3 Å². The molecule has 0 radical (unpaired) electrons. The van der Waals surface area contributed by atoms with Crippen molar-refractivity contribution in [3.8, 4) is 17.2 Å². The Balaban J connectivity index is 2.01. The van der Waals surface area contributed by atoms with Crippen LogP contribution < -0.4 is 19.1 Å². The summed E-state index contributed by atoms with van der Waals surface area (Å²) in [5.74, 6) is -0.585. The Morgan fingerprint density at radius 2 is 1.65 bits per heavy atom. The average molecular weight is 522 g/mol. The van der Waals surface area contributed by atoms with E-state index in [1.807, 2.05) is 39.0 Å². The van der Waals surface area contributed by atoms with Crippen LogP contribution in [0, 0.1) is 13.8 Å². The van der Waals surface area contributed by atoms with E-state index in [9.17, 15) is 14.7 Å². The second kappa shape index (κ2) is 10.6. The van der Waals surface area contributed by atoms with Gasteiger partial charge in [-0.1, -0.05) is 23.7 Å². The summed E-state index contributed by atoms with van der Waals surface area (Å²) >= 11 is 6.41. The van der Waals surface area contributed by atoms with Gasteiger partial charge in [0.2, 0.25) is 0 Å². The van der Waals surface area contributed by atoms with E-state index in [1.165, 1.54) is 25.2 Å². The van der Waals surface area contributed by atoms with Gasteiger partial charge in [0.25, 0.3) is 11.7 Å². The van der Waals surface area contributed by atoms with Crippen molar-refractivity contribution >= 4 is 34.7 Å². The van der Waals surface area contributed by atoms with Crippen molar-refractivity contribution in [1.82, 2.24) is 0 Å². The Bertz CT molecular complexity index is 1390. The highest BCUT2D eigenvalue weighted by Gasteiger charge is 2.47. The van der Waals surface area contributed by atoms with Crippen LogP contribution in [0.1, 0.15) is 35.2 Å². The summed E-state index contributed by atoms with van der Waals surface area (Å²) in [5, 5.41) is 11.7. The molecule has 1 aliphatic heterocycles. The number of ether oxygens (including phenoxy) is 3. The van der Waals surface area contributed by atoms with Gasteiger partial charge >= 0.3 is 0 Å². The zero-order valence-electron chi connectivity index (χ0n) is 21.3. The molecule has 1 saturated heterocycles. The largest absolute Gasteiger partial charge is 0.507 e. The summed E-state index contributed by atoms with van der Waals surface area (Å²) in [6.07, 6.45) is 0. The van der Waals surface area contributed by atoms with Crippen LogP contribution in [0.4, 0.5) is 5.69 Å². The quantitative estimate of drug-likeness (QED) is 0.233. The molecule has 1 unspecified atom stereocenters. The summed E-state index contributed by atoms with van der Waals surface area (Å²) in [7, 11) is 3.02. The lowest BCUT2D eigenvalue weighted by Gasteiger charge is -2.27. The Morgan fingerprint density at radius 3 is 2.27 bits per heavy atom. The zero-order valence-corrected chi connectivity index (χ0v) is 22.1. The molecule has 0 aliphatic carbocycles. The fraction of sp³-hybridized carbons (Fsp3) is 0.241. The predicted octanol–water partition coefficient (Wildman–Crippen LogP) is 6.00. The van der Waals surface area contributed by atoms with Gasteiger partial charge in [0.15, 0.2) is 11.5 Å². The van der Waals surface area contributed by atoms with Crippen LogP contribution in [0.3, 0.4) is 0 Å². The third-order valence-corrected chi connectivity index (χ3v) is 6.49. The summed E-state index contributed by atoms with van der Waals surface area (Å²) in [5.41, 5.74) is 3.04. The Labute approximate surface area is 220 Å². The molecule has 0 saturated carbocycles. The highest BCUT2D eigenvalue weighted by Crippen LogP contribution is 2.45. The fourth-order valence-corrected chi connectivity index (χ4v) is 4.80. The first-order valence-electron chi connectivity index (χ1n) is 11.7. The maximum Gasteiger partial charge on any atom is 0.300 e. The number of carbonyl (C=O) groups excluding carboxylic acids is 2. The monoisotopic (exact) mass is 521 g/mol. The molecule has 37 heavy (non-hydrogen) atoms. The van der Waals surface area contributed by atoms with E-state index >= 15 is 0 Å². The van der Waals surface area contributed by atoms with Gasteiger partial charge in [-0.3, -0.25) is 14.5 Å². The van der Waals surface area contributed by atoms with Crippen molar-refractivity contribution in [3.63, 3.8) is 0 Å². The number of ketones is 1. The van der Waals surface area contributed by atoms with Crippen molar-refractivity contribution in [3.05, 3.63) is 87.4 Å². The number of aryl methyl sites for hydroxylation is 2. The fourth-order valence-electron chi connectivity index (χ4n) is 4.59. The molecule has 1 N–H and O–H groups in total. The number of rotatable bonds is 7. The van der Waals surface area contributed by atoms with Crippen molar-refractivity contribution in [2.45, 2.75) is 26.8 Å². The van der Waals surface area contributed by atoms with Crippen molar-refractivity contribution in [1.29, 1.82) is 0 Å². The van der Waals surface area contributed by atoms with Crippen LogP contribution in [-0.4, -0.2) is 37.6 Å². The van der Waals surface area contributed by atoms with Gasteiger partial charge in [0.05, 0.1) is 37.5 Å². The third-order valence-electron chi connectivity index (χ3n) is 6.16. The number of carbonyl (C=O) groups is 2. The molecular weight excluding hydrogens is 494 g/mol. The molecule has 1 amide bonds. The second-order valence-corrected chi connectivity index (χ2v) is 9.11. The van der Waals surface area contributed by atoms with Gasteiger partial charge in [-0.25, -0.2) is 0 Å². The average Bonchev–Trinajstić information content (AvgIpc) is 3.13. The van der Waals surface area contributed by atoms with E-state index in [0.717, 1.165) is 11.1 Å². The molecule has 4 rings (SSSR count). The smallest absolute Gasteiger partial charge is 0.300 e. The van der Waals surface area contributed by atoms with Crippen LogP contribution in [0.25, 0.3) is 5.76 Å². The number of halogens is 1. The maximum atomic E-state index is 13.5. The number of aliphatic hydroxyl groups is 1. The number of Topliss-reactive ketones (excluding diaryl/α,β-unsaturated/α-hetero) is 1. The van der Waals surface area contributed by atoms with Crippen LogP contribution in [0.5, 0.6) is 17.2 Å². The number of amides is 1. The van der Waals surface area contributed by atoms with E-state index in [2.05, 4.69) is 0 Å². The first-order chi connectivity index (χ1) is 17.7. The molecule has 1 atom stereocenters. The van der Waals surface area contributed by atoms with Crippen LogP contribution in [0.2, 0.25) is 5.02 Å². The van der Waals surface area contributed by atoms with Gasteiger partial charge in [-0.15, -0.1) is 0 Å². The highest BCUT2D eigenvalue weighted by atomic mass is 35.5. The van der Waals surface area contributed by atoms with E-state index in [-0.39, 0.29) is 16.2 Å². The first-order valence-corrected chi connectivity index (χ1v) is 12.1. The molecule has 192 valence electrons. The zero-order chi connectivity index (χ0) is 26.9. The SMILES string of the molecule is CCOc1cc(C2/C(=C(\O)c3cc(OC)ccc3Cl)C(=O)C(=O)N2c2cc(C)cc(C)c2)ccc1OC. The lowest BCUT2D eigenvalue weighted by Crippen LogP contribution is -2.29. The number of aliphatic hydroxyl groups excluding tert-OH is 1. The number of nitrogens with zero attached hydrogens (tertiary/aromatic N) is 1. The predicted molar refractivity (Wildman–Crippen MR) is 143 cm³/mol. The molecule has 1 heterocycles. The third kappa shape index (κ3) is 4.87. The van der Waals surface area contributed by atoms with Crippen LogP contribution >= 0.6 is 11.6 Å².